The second-order valence-corrected chi connectivity index (χ2v) is 0.490. The maximum atomic E-state index is 8.11. The van der Waals surface area contributed by atoms with Gasteiger partial charge in [-0.05, 0) is 0 Å². The first-order valence-electron chi connectivity index (χ1n) is 2.30. The van der Waals surface area contributed by atoms with E-state index in [0.29, 0.717) is 0 Å². The van der Waals surface area contributed by atoms with Crippen molar-refractivity contribution in [3.8, 4) is 0 Å². The largest absolute Gasteiger partial charge is 0.379 e. The van der Waals surface area contributed by atoms with Gasteiger partial charge < -0.3 is 31.2 Å². The Morgan fingerprint density at radius 3 is 0.368 bits per heavy atom. The van der Waals surface area contributed by atoms with Gasteiger partial charge in [-0.1, -0.05) is 0 Å². The van der Waals surface area contributed by atoms with Gasteiger partial charge in [0.1, 0.15) is 0 Å². The summed E-state index contributed by atoms with van der Waals surface area (Å²) < 4.78 is 0. The molecule has 0 spiro atoms. The maximum absolute atomic E-state index is 8.11. The molecule has 117 valence electrons. The summed E-state index contributed by atoms with van der Waals surface area (Å²) in [5.41, 5.74) is 0. The van der Waals surface area contributed by atoms with Crippen LogP contribution in [0.1, 0.15) is 0 Å². The monoisotopic (exact) mass is 341 g/mol. The minimum absolute atomic E-state index is 0. The van der Waals surface area contributed by atoms with Crippen LogP contribution in [0.2, 0.25) is 0 Å². The van der Waals surface area contributed by atoms with Crippen molar-refractivity contribution < 1.29 is 48.0 Å². The van der Waals surface area contributed by atoms with Crippen molar-refractivity contribution in [1.29, 1.82) is 0 Å². The molecule has 18 nitrogen and oxygen atoms in total. The third-order valence-electron chi connectivity index (χ3n) is 0. The normalized spacial score (nSPS) is 3.79. The summed E-state index contributed by atoms with van der Waals surface area (Å²) in [6.45, 7) is 0. The van der Waals surface area contributed by atoms with E-state index in [2.05, 4.69) is 0 Å². The summed E-state index contributed by atoms with van der Waals surface area (Å²) in [6.07, 6.45) is 0. The topological polar surface area (TPSA) is 298 Å². The molecule has 0 rings (SSSR count). The zero-order valence-corrected chi connectivity index (χ0v) is 9.19. The van der Waals surface area contributed by atoms with Crippen molar-refractivity contribution in [3.05, 3.63) is 29.4 Å². The molecule has 0 amide bonds. The fourth-order valence-corrected chi connectivity index (χ4v) is 0. The molecule has 0 atom stereocenters. The molecule has 0 aromatic heterocycles. The molecule has 1 radical (unpaired) electrons. The van der Waals surface area contributed by atoms with Gasteiger partial charge in [0.15, 0.2) is 32.0 Å². The first-order chi connectivity index (χ1) is 8.49. The summed E-state index contributed by atoms with van der Waals surface area (Å²) in [5, 5.41) is 47.3. The van der Waals surface area contributed by atoms with Gasteiger partial charge in [-0.2, -0.15) is 0 Å². The SMILES string of the molecule is O=NO.O=NO.O=NO.O=NO.O=NO.O=NO.[Co]. The molecule has 19 heteroatoms. The third-order valence-corrected chi connectivity index (χ3v) is 0. The Hall–Kier alpha value is -3.09. The van der Waals surface area contributed by atoms with E-state index in [-0.39, 0.29) is 16.8 Å². The molecule has 0 aromatic carbocycles. The molecular weight excluding hydrogens is 335 g/mol. The fraction of sp³-hybridized carbons (Fsp3) is 0. The van der Waals surface area contributed by atoms with Crippen molar-refractivity contribution >= 4 is 0 Å². The van der Waals surface area contributed by atoms with Gasteiger partial charge in [0.2, 0.25) is 0 Å². The van der Waals surface area contributed by atoms with Crippen LogP contribution in [0.4, 0.5) is 0 Å². The van der Waals surface area contributed by atoms with Crippen molar-refractivity contribution in [3.63, 3.8) is 0 Å². The van der Waals surface area contributed by atoms with Crippen LogP contribution in [0.25, 0.3) is 0 Å². The molecule has 0 aromatic rings. The van der Waals surface area contributed by atoms with Crippen LogP contribution in [0.15, 0.2) is 32.0 Å². The molecule has 0 bridgehead atoms. The fourth-order valence-electron chi connectivity index (χ4n) is 0. The summed E-state index contributed by atoms with van der Waals surface area (Å²) in [5.74, 6) is 0. The van der Waals surface area contributed by atoms with E-state index < -0.39 is 0 Å². The molecular formula is H6CoN6O12. The Bertz CT molecular complexity index is 114. The van der Waals surface area contributed by atoms with Gasteiger partial charge in [0, 0.05) is 16.8 Å². The Morgan fingerprint density at radius 1 is 0.368 bits per heavy atom. The first kappa shape index (κ1) is 44.6. The summed E-state index contributed by atoms with van der Waals surface area (Å²) in [6, 6.07) is 0. The molecule has 0 unspecified atom stereocenters. The van der Waals surface area contributed by atoms with Gasteiger partial charge >= 0.3 is 0 Å². The number of nitrogens with zero attached hydrogens (tertiary/aromatic N) is 6. The van der Waals surface area contributed by atoms with E-state index in [4.69, 9.17) is 60.7 Å². The minimum Gasteiger partial charge on any atom is -0.379 e. The number of hydrogen-bond donors (Lipinski definition) is 6. The number of hydrogen-bond acceptors (Lipinski definition) is 12. The predicted octanol–water partition coefficient (Wildman–Crippen LogP) is 0.849. The molecule has 6 N–H and O–H groups in total. The van der Waals surface area contributed by atoms with Crippen molar-refractivity contribution in [2.45, 2.75) is 0 Å². The summed E-state index contributed by atoms with van der Waals surface area (Å²) in [4.78, 5) is 48.7. The molecule has 0 saturated carbocycles. The molecule has 0 aliphatic heterocycles. The van der Waals surface area contributed by atoms with Crippen LogP contribution >= 0.6 is 0 Å². The molecule has 0 aliphatic rings. The van der Waals surface area contributed by atoms with E-state index in [9.17, 15) is 0 Å². The van der Waals surface area contributed by atoms with E-state index in [0.717, 1.165) is 0 Å². The standard InChI is InChI=1S/Co.6HNO2/c;6*2-1-3/h;6*(H,2,3). The summed E-state index contributed by atoms with van der Waals surface area (Å²) >= 11 is 0. The average molecular weight is 341 g/mol. The zero-order chi connectivity index (χ0) is 16.2. The summed E-state index contributed by atoms with van der Waals surface area (Å²) in [7, 11) is 0. The second-order valence-electron chi connectivity index (χ2n) is 0.490. The average Bonchev–Trinajstić information content (AvgIpc) is 2.23. The van der Waals surface area contributed by atoms with Gasteiger partial charge in [-0.25, -0.2) is 0 Å². The minimum atomic E-state index is 0. The van der Waals surface area contributed by atoms with E-state index in [1.165, 1.54) is 32.0 Å². The zero-order valence-electron chi connectivity index (χ0n) is 8.15. The van der Waals surface area contributed by atoms with Gasteiger partial charge in [-0.15, -0.1) is 29.4 Å². The van der Waals surface area contributed by atoms with Crippen molar-refractivity contribution in [2.24, 2.45) is 32.0 Å². The number of rotatable bonds is 0. The van der Waals surface area contributed by atoms with Crippen molar-refractivity contribution in [1.82, 2.24) is 0 Å². The molecule has 0 aliphatic carbocycles. The van der Waals surface area contributed by atoms with Crippen molar-refractivity contribution in [2.75, 3.05) is 0 Å². The Labute approximate surface area is 110 Å². The van der Waals surface area contributed by atoms with E-state index in [1.54, 1.807) is 0 Å². The van der Waals surface area contributed by atoms with Crippen LogP contribution in [0.5, 0.6) is 0 Å². The first-order valence-corrected chi connectivity index (χ1v) is 2.30. The predicted molar refractivity (Wildman–Crippen MR) is 45.5 cm³/mol. The molecule has 0 heterocycles. The van der Waals surface area contributed by atoms with Crippen LogP contribution in [-0.4, -0.2) is 31.2 Å². The van der Waals surface area contributed by atoms with Crippen LogP contribution in [0, 0.1) is 29.4 Å². The van der Waals surface area contributed by atoms with Gasteiger partial charge in [0.05, 0.1) is 0 Å². The molecule has 0 saturated heterocycles. The smallest absolute Gasteiger partial charge is 0.152 e. The molecule has 19 heavy (non-hydrogen) atoms. The Morgan fingerprint density at radius 2 is 0.368 bits per heavy atom. The van der Waals surface area contributed by atoms with E-state index >= 15 is 0 Å². The van der Waals surface area contributed by atoms with Gasteiger partial charge in [0.25, 0.3) is 0 Å². The van der Waals surface area contributed by atoms with E-state index in [1.807, 2.05) is 0 Å². The molecule has 0 fully saturated rings. The van der Waals surface area contributed by atoms with Gasteiger partial charge in [-0.3, -0.25) is 0 Å². The van der Waals surface area contributed by atoms with Crippen LogP contribution < -0.4 is 0 Å². The van der Waals surface area contributed by atoms with Crippen LogP contribution in [-0.2, 0) is 16.8 Å². The third kappa shape index (κ3) is 259. The quantitative estimate of drug-likeness (QED) is 0.263. The Balaban J connectivity index is -0.0000000180. The Kier molecular flexibility index (Phi) is 800. The maximum Gasteiger partial charge on any atom is 0.152 e. The van der Waals surface area contributed by atoms with Crippen LogP contribution in [0.3, 0.4) is 0 Å². The second kappa shape index (κ2) is 341.